The third-order valence-electron chi connectivity index (χ3n) is 6.28. The summed E-state index contributed by atoms with van der Waals surface area (Å²) in [5.74, 6) is 2.54. The molecule has 2 aliphatic heterocycles. The summed E-state index contributed by atoms with van der Waals surface area (Å²) in [5, 5.41) is 6.61. The van der Waals surface area contributed by atoms with E-state index in [1.54, 1.807) is 0 Å². The first-order chi connectivity index (χ1) is 12.8. The van der Waals surface area contributed by atoms with Crippen LogP contribution in [0.2, 0.25) is 0 Å². The number of amides is 1. The smallest absolute Gasteiger partial charge is 0.220 e. The average molecular weight is 395 g/mol. The van der Waals surface area contributed by atoms with Crippen LogP contribution in [-0.4, -0.2) is 38.8 Å². The number of halogens is 1. The van der Waals surface area contributed by atoms with Crippen LogP contribution in [-0.2, 0) is 10.2 Å². The second kappa shape index (κ2) is 9.16. The maximum Gasteiger partial charge on any atom is 0.220 e. The molecule has 1 saturated carbocycles. The van der Waals surface area contributed by atoms with Crippen LogP contribution in [0, 0.1) is 5.92 Å². The van der Waals surface area contributed by atoms with Crippen molar-refractivity contribution in [3.8, 4) is 11.5 Å². The molecular weight excluding hydrogens is 364 g/mol. The van der Waals surface area contributed by atoms with Crippen LogP contribution >= 0.6 is 12.4 Å². The quantitative estimate of drug-likeness (QED) is 0.777. The molecule has 0 spiro atoms. The van der Waals surface area contributed by atoms with E-state index in [0.717, 1.165) is 50.4 Å². The fraction of sp³-hybridized carbons (Fsp3) is 0.667. The van der Waals surface area contributed by atoms with Gasteiger partial charge in [0.05, 0.1) is 0 Å². The lowest BCUT2D eigenvalue weighted by molar-refractivity contribution is -0.121. The van der Waals surface area contributed by atoms with Gasteiger partial charge in [-0.15, -0.1) is 12.4 Å². The molecule has 1 unspecified atom stereocenters. The van der Waals surface area contributed by atoms with E-state index in [0.29, 0.717) is 25.6 Å². The van der Waals surface area contributed by atoms with Crippen LogP contribution < -0.4 is 20.1 Å². The molecule has 0 bridgehead atoms. The summed E-state index contributed by atoms with van der Waals surface area (Å²) < 4.78 is 11.4. The van der Waals surface area contributed by atoms with Crippen molar-refractivity contribution in [2.24, 2.45) is 5.92 Å². The molecule has 1 atom stereocenters. The summed E-state index contributed by atoms with van der Waals surface area (Å²) >= 11 is 0. The molecule has 1 aromatic rings. The maximum absolute atomic E-state index is 12.4. The predicted molar refractivity (Wildman–Crippen MR) is 108 cm³/mol. The van der Waals surface area contributed by atoms with Crippen LogP contribution in [0.4, 0.5) is 0 Å². The van der Waals surface area contributed by atoms with Gasteiger partial charge in [0.2, 0.25) is 5.91 Å². The molecule has 2 heterocycles. The lowest BCUT2D eigenvalue weighted by Crippen LogP contribution is -2.39. The SMILES string of the molecule is Cl.O=C(CCC1CCNC1)NCC1(c2ccc3c(c2)OCCO3)CCCC1. The minimum Gasteiger partial charge on any atom is -0.486 e. The lowest BCUT2D eigenvalue weighted by Gasteiger charge is -2.31. The first-order valence-corrected chi connectivity index (χ1v) is 10.1. The topological polar surface area (TPSA) is 59.6 Å². The van der Waals surface area contributed by atoms with Crippen LogP contribution in [0.15, 0.2) is 18.2 Å². The third-order valence-corrected chi connectivity index (χ3v) is 6.28. The van der Waals surface area contributed by atoms with Gasteiger partial charge in [0.25, 0.3) is 0 Å². The number of rotatable bonds is 6. The average Bonchev–Trinajstić information content (AvgIpc) is 3.37. The summed E-state index contributed by atoms with van der Waals surface area (Å²) in [6, 6.07) is 6.32. The number of fused-ring (bicyclic) bond motifs is 1. The highest BCUT2D eigenvalue weighted by molar-refractivity contribution is 5.85. The molecule has 1 aliphatic carbocycles. The number of benzene rings is 1. The van der Waals surface area contributed by atoms with E-state index in [2.05, 4.69) is 22.8 Å². The predicted octanol–water partition coefficient (Wildman–Crippen LogP) is 3.20. The number of hydrogen-bond donors (Lipinski definition) is 2. The van der Waals surface area contributed by atoms with E-state index < -0.39 is 0 Å². The molecule has 0 radical (unpaired) electrons. The number of ether oxygens (including phenoxy) is 2. The highest BCUT2D eigenvalue weighted by Gasteiger charge is 2.36. The van der Waals surface area contributed by atoms with Gasteiger partial charge < -0.3 is 20.1 Å². The summed E-state index contributed by atoms with van der Waals surface area (Å²) in [5.41, 5.74) is 1.32. The Balaban J connectivity index is 0.00000210. The Bertz CT molecular complexity index is 640. The van der Waals surface area contributed by atoms with Gasteiger partial charge in [0.1, 0.15) is 13.2 Å². The molecular formula is C21H31ClN2O3. The van der Waals surface area contributed by atoms with Gasteiger partial charge in [0, 0.05) is 18.4 Å². The fourth-order valence-electron chi connectivity index (χ4n) is 4.64. The summed E-state index contributed by atoms with van der Waals surface area (Å²) in [7, 11) is 0. The zero-order valence-electron chi connectivity index (χ0n) is 15.9. The highest BCUT2D eigenvalue weighted by Crippen LogP contribution is 2.43. The Morgan fingerprint density at radius 1 is 1.19 bits per heavy atom. The van der Waals surface area contributed by atoms with Gasteiger partial charge in [0.15, 0.2) is 11.5 Å². The van der Waals surface area contributed by atoms with E-state index >= 15 is 0 Å². The van der Waals surface area contributed by atoms with Crippen LogP contribution in [0.25, 0.3) is 0 Å². The van der Waals surface area contributed by atoms with Crippen LogP contribution in [0.1, 0.15) is 50.5 Å². The molecule has 1 saturated heterocycles. The summed E-state index contributed by atoms with van der Waals surface area (Å²) in [6.45, 7) is 4.11. The highest BCUT2D eigenvalue weighted by atomic mass is 35.5. The Morgan fingerprint density at radius 3 is 2.70 bits per heavy atom. The van der Waals surface area contributed by atoms with E-state index in [9.17, 15) is 4.79 Å². The zero-order chi connectivity index (χ0) is 17.8. The lowest BCUT2D eigenvalue weighted by atomic mass is 9.78. The normalized spacial score (nSPS) is 22.9. The number of carbonyl (C=O) groups is 1. The van der Waals surface area contributed by atoms with Crippen molar-refractivity contribution in [1.82, 2.24) is 10.6 Å². The molecule has 27 heavy (non-hydrogen) atoms. The number of hydrogen-bond acceptors (Lipinski definition) is 4. The molecule has 0 aromatic heterocycles. The zero-order valence-corrected chi connectivity index (χ0v) is 16.7. The minimum absolute atomic E-state index is 0. The van der Waals surface area contributed by atoms with Crippen molar-refractivity contribution in [1.29, 1.82) is 0 Å². The molecule has 6 heteroatoms. The maximum atomic E-state index is 12.4. The van der Waals surface area contributed by atoms with Gasteiger partial charge in [-0.2, -0.15) is 0 Å². The largest absolute Gasteiger partial charge is 0.486 e. The van der Waals surface area contributed by atoms with Gasteiger partial charge in [-0.25, -0.2) is 0 Å². The van der Waals surface area contributed by atoms with E-state index in [4.69, 9.17) is 9.47 Å². The van der Waals surface area contributed by atoms with Crippen LogP contribution in [0.3, 0.4) is 0 Å². The standard InChI is InChI=1S/C21H30N2O3.ClH/c24-20(6-3-16-7-10-22-14-16)23-15-21(8-1-2-9-21)17-4-5-18-19(13-17)26-12-11-25-18;/h4-5,13,16,22H,1-3,6-12,14-15H2,(H,23,24);1H. The molecule has 2 N–H and O–H groups in total. The van der Waals surface area contributed by atoms with Crippen molar-refractivity contribution in [2.75, 3.05) is 32.8 Å². The Kier molecular flexibility index (Phi) is 6.88. The molecule has 3 aliphatic rings. The summed E-state index contributed by atoms with van der Waals surface area (Å²) in [4.78, 5) is 12.4. The van der Waals surface area contributed by atoms with E-state index in [1.807, 2.05) is 6.07 Å². The van der Waals surface area contributed by atoms with E-state index in [1.165, 1.54) is 24.8 Å². The molecule has 2 fully saturated rings. The van der Waals surface area contributed by atoms with Crippen molar-refractivity contribution in [2.45, 2.75) is 50.4 Å². The molecule has 150 valence electrons. The van der Waals surface area contributed by atoms with Crippen molar-refractivity contribution >= 4 is 18.3 Å². The monoisotopic (exact) mass is 394 g/mol. The van der Waals surface area contributed by atoms with Crippen molar-refractivity contribution in [3.05, 3.63) is 23.8 Å². The molecule has 4 rings (SSSR count). The molecule has 1 aromatic carbocycles. The first kappa shape index (κ1) is 20.3. The molecule has 1 amide bonds. The fourth-order valence-corrected chi connectivity index (χ4v) is 4.64. The van der Waals surface area contributed by atoms with Crippen molar-refractivity contribution in [3.63, 3.8) is 0 Å². The minimum atomic E-state index is 0. The third kappa shape index (κ3) is 4.69. The van der Waals surface area contributed by atoms with Gasteiger partial charge in [-0.1, -0.05) is 18.9 Å². The second-order valence-corrected chi connectivity index (χ2v) is 8.02. The number of nitrogens with one attached hydrogen (secondary N) is 2. The summed E-state index contributed by atoms with van der Waals surface area (Å²) in [6.07, 6.45) is 7.53. The second-order valence-electron chi connectivity index (χ2n) is 8.02. The molecule has 5 nitrogen and oxygen atoms in total. The van der Waals surface area contributed by atoms with Gasteiger partial charge in [-0.05, 0) is 62.4 Å². The Hall–Kier alpha value is -1.46. The number of carbonyl (C=O) groups excluding carboxylic acids is 1. The Morgan fingerprint density at radius 2 is 1.96 bits per heavy atom. The van der Waals surface area contributed by atoms with Gasteiger partial charge >= 0.3 is 0 Å². The van der Waals surface area contributed by atoms with Gasteiger partial charge in [-0.3, -0.25) is 4.79 Å². The Labute approximate surface area is 168 Å². The van der Waals surface area contributed by atoms with Crippen LogP contribution in [0.5, 0.6) is 11.5 Å². The van der Waals surface area contributed by atoms with E-state index in [-0.39, 0.29) is 23.7 Å². The van der Waals surface area contributed by atoms with Crippen molar-refractivity contribution < 1.29 is 14.3 Å². The first-order valence-electron chi connectivity index (χ1n) is 10.1.